The lowest BCUT2D eigenvalue weighted by molar-refractivity contribution is 0.104. The van der Waals surface area contributed by atoms with Gasteiger partial charge in [-0.25, -0.2) is 0 Å². The molecule has 0 fully saturated rings. The van der Waals surface area contributed by atoms with E-state index in [-0.39, 0.29) is 5.78 Å². The Balaban J connectivity index is 2.13. The van der Waals surface area contributed by atoms with Gasteiger partial charge in [-0.2, -0.15) is 0 Å². The molecule has 100 valence electrons. The van der Waals surface area contributed by atoms with Crippen LogP contribution in [0.4, 0.5) is 0 Å². The molecular formula is C17H14O3. The summed E-state index contributed by atoms with van der Waals surface area (Å²) >= 11 is 0. The fourth-order valence-electron chi connectivity index (χ4n) is 1.76. The molecule has 0 unspecified atom stereocenters. The Morgan fingerprint density at radius 2 is 1.75 bits per heavy atom. The van der Waals surface area contributed by atoms with Crippen LogP contribution in [0, 0.1) is 0 Å². The van der Waals surface area contributed by atoms with Gasteiger partial charge in [-0.05, 0) is 42.0 Å². The number of carbonyl (C=O) groups is 2. The second kappa shape index (κ2) is 6.48. The monoisotopic (exact) mass is 266 g/mol. The van der Waals surface area contributed by atoms with Crippen molar-refractivity contribution in [2.45, 2.75) is 0 Å². The second-order valence-electron chi connectivity index (χ2n) is 4.21. The van der Waals surface area contributed by atoms with Crippen LogP contribution in [0.5, 0.6) is 5.75 Å². The fourth-order valence-corrected chi connectivity index (χ4v) is 1.76. The third-order valence-electron chi connectivity index (χ3n) is 2.85. The van der Waals surface area contributed by atoms with E-state index in [0.29, 0.717) is 16.9 Å². The van der Waals surface area contributed by atoms with Gasteiger partial charge in [0.1, 0.15) is 12.0 Å². The van der Waals surface area contributed by atoms with Crippen LogP contribution in [0.25, 0.3) is 6.08 Å². The van der Waals surface area contributed by atoms with Gasteiger partial charge in [-0.3, -0.25) is 9.59 Å². The maximum absolute atomic E-state index is 12.0. The maximum atomic E-state index is 12.0. The zero-order chi connectivity index (χ0) is 14.4. The SMILES string of the molecule is COc1ccc(C(=O)/C=C/c2cccc(C=O)c2)cc1. The summed E-state index contributed by atoms with van der Waals surface area (Å²) in [5, 5.41) is 0. The molecule has 0 N–H and O–H groups in total. The van der Waals surface area contributed by atoms with Crippen molar-refractivity contribution in [3.8, 4) is 5.75 Å². The van der Waals surface area contributed by atoms with E-state index < -0.39 is 0 Å². The highest BCUT2D eigenvalue weighted by atomic mass is 16.5. The minimum atomic E-state index is -0.0934. The predicted octanol–water partition coefficient (Wildman–Crippen LogP) is 3.40. The molecule has 3 heteroatoms. The lowest BCUT2D eigenvalue weighted by Crippen LogP contribution is -1.94. The van der Waals surface area contributed by atoms with Crippen LogP contribution in [0.1, 0.15) is 26.3 Å². The zero-order valence-electron chi connectivity index (χ0n) is 11.1. The van der Waals surface area contributed by atoms with Gasteiger partial charge in [0, 0.05) is 11.1 Å². The van der Waals surface area contributed by atoms with E-state index in [4.69, 9.17) is 4.74 Å². The van der Waals surface area contributed by atoms with E-state index in [9.17, 15) is 9.59 Å². The Bertz CT molecular complexity index is 640. The van der Waals surface area contributed by atoms with Crippen LogP contribution >= 0.6 is 0 Å². The number of benzene rings is 2. The van der Waals surface area contributed by atoms with Gasteiger partial charge < -0.3 is 4.74 Å². The third-order valence-corrected chi connectivity index (χ3v) is 2.85. The van der Waals surface area contributed by atoms with Crippen molar-refractivity contribution in [1.82, 2.24) is 0 Å². The molecule has 0 aliphatic heterocycles. The number of ether oxygens (including phenoxy) is 1. The van der Waals surface area contributed by atoms with Crippen LogP contribution < -0.4 is 4.74 Å². The second-order valence-corrected chi connectivity index (χ2v) is 4.21. The topological polar surface area (TPSA) is 43.4 Å². The largest absolute Gasteiger partial charge is 0.497 e. The molecule has 20 heavy (non-hydrogen) atoms. The molecule has 0 amide bonds. The molecule has 3 nitrogen and oxygen atoms in total. The van der Waals surface area contributed by atoms with E-state index in [0.717, 1.165) is 11.8 Å². The van der Waals surface area contributed by atoms with Gasteiger partial charge in [0.05, 0.1) is 7.11 Å². The van der Waals surface area contributed by atoms with Crippen molar-refractivity contribution in [2.24, 2.45) is 0 Å². The van der Waals surface area contributed by atoms with Crippen molar-refractivity contribution < 1.29 is 14.3 Å². The van der Waals surface area contributed by atoms with E-state index in [1.807, 2.05) is 6.07 Å². The summed E-state index contributed by atoms with van der Waals surface area (Å²) in [6.07, 6.45) is 3.97. The van der Waals surface area contributed by atoms with Gasteiger partial charge in [-0.1, -0.05) is 24.3 Å². The Morgan fingerprint density at radius 1 is 1.05 bits per heavy atom. The van der Waals surface area contributed by atoms with Crippen molar-refractivity contribution in [2.75, 3.05) is 7.11 Å². The molecule has 2 rings (SSSR count). The van der Waals surface area contributed by atoms with Gasteiger partial charge >= 0.3 is 0 Å². The van der Waals surface area contributed by atoms with Crippen molar-refractivity contribution in [3.05, 3.63) is 71.3 Å². The third kappa shape index (κ3) is 3.42. The van der Waals surface area contributed by atoms with Crippen molar-refractivity contribution in [3.63, 3.8) is 0 Å². The van der Waals surface area contributed by atoms with Crippen LogP contribution in [0.3, 0.4) is 0 Å². The molecule has 0 aromatic heterocycles. The average molecular weight is 266 g/mol. The molecule has 0 saturated carbocycles. The first kappa shape index (κ1) is 13.7. The molecule has 0 aliphatic rings. The van der Waals surface area contributed by atoms with E-state index >= 15 is 0 Å². The standard InChI is InChI=1S/C17H14O3/c1-20-16-8-6-15(7-9-16)17(19)10-5-13-3-2-4-14(11-13)12-18/h2-12H,1H3/b10-5+. The summed E-state index contributed by atoms with van der Waals surface area (Å²) in [4.78, 5) is 22.7. The lowest BCUT2D eigenvalue weighted by atomic mass is 10.1. The fraction of sp³-hybridized carbons (Fsp3) is 0.0588. The average Bonchev–Trinajstić information content (AvgIpc) is 2.53. The molecule has 0 radical (unpaired) electrons. The number of ketones is 1. The van der Waals surface area contributed by atoms with Gasteiger partial charge in [0.15, 0.2) is 5.78 Å². The summed E-state index contributed by atoms with van der Waals surface area (Å²) < 4.78 is 5.04. The minimum absolute atomic E-state index is 0.0934. The first-order chi connectivity index (χ1) is 9.72. The zero-order valence-corrected chi connectivity index (χ0v) is 11.1. The number of allylic oxidation sites excluding steroid dienone is 1. The van der Waals surface area contributed by atoms with E-state index in [2.05, 4.69) is 0 Å². The summed E-state index contributed by atoms with van der Waals surface area (Å²) in [5.74, 6) is 0.619. The Labute approximate surface area is 117 Å². The highest BCUT2D eigenvalue weighted by Gasteiger charge is 2.01. The molecule has 0 aliphatic carbocycles. The molecule has 2 aromatic rings. The molecule has 0 bridgehead atoms. The normalized spacial score (nSPS) is 10.4. The molecule has 0 heterocycles. The number of methoxy groups -OCH3 is 1. The first-order valence-electron chi connectivity index (χ1n) is 6.14. The van der Waals surface area contributed by atoms with E-state index in [1.165, 1.54) is 6.08 Å². The molecule has 0 atom stereocenters. The van der Waals surface area contributed by atoms with Gasteiger partial charge in [-0.15, -0.1) is 0 Å². The lowest BCUT2D eigenvalue weighted by Gasteiger charge is -2.00. The number of hydrogen-bond donors (Lipinski definition) is 0. The molecule has 0 spiro atoms. The molecule has 0 saturated heterocycles. The Hall–Kier alpha value is -2.68. The van der Waals surface area contributed by atoms with Crippen LogP contribution in [0.2, 0.25) is 0 Å². The Morgan fingerprint density at radius 3 is 2.40 bits per heavy atom. The van der Waals surface area contributed by atoms with Crippen molar-refractivity contribution in [1.29, 1.82) is 0 Å². The maximum Gasteiger partial charge on any atom is 0.185 e. The smallest absolute Gasteiger partial charge is 0.185 e. The minimum Gasteiger partial charge on any atom is -0.497 e. The predicted molar refractivity (Wildman–Crippen MR) is 78.2 cm³/mol. The number of carbonyl (C=O) groups excluding carboxylic acids is 2. The van der Waals surface area contributed by atoms with E-state index in [1.54, 1.807) is 55.7 Å². The number of rotatable bonds is 5. The number of aldehydes is 1. The Kier molecular flexibility index (Phi) is 4.45. The quantitative estimate of drug-likeness (QED) is 0.473. The highest BCUT2D eigenvalue weighted by molar-refractivity contribution is 6.06. The van der Waals surface area contributed by atoms with Crippen molar-refractivity contribution >= 4 is 18.1 Å². The van der Waals surface area contributed by atoms with Crippen LogP contribution in [0.15, 0.2) is 54.6 Å². The molecular weight excluding hydrogens is 252 g/mol. The van der Waals surface area contributed by atoms with Gasteiger partial charge in [0.25, 0.3) is 0 Å². The first-order valence-corrected chi connectivity index (χ1v) is 6.14. The number of hydrogen-bond acceptors (Lipinski definition) is 3. The highest BCUT2D eigenvalue weighted by Crippen LogP contribution is 2.13. The van der Waals surface area contributed by atoms with Crippen LogP contribution in [-0.4, -0.2) is 19.2 Å². The summed E-state index contributed by atoms with van der Waals surface area (Å²) in [5.41, 5.74) is 1.99. The van der Waals surface area contributed by atoms with Crippen LogP contribution in [-0.2, 0) is 0 Å². The molecule has 2 aromatic carbocycles. The summed E-state index contributed by atoms with van der Waals surface area (Å²) in [6.45, 7) is 0. The van der Waals surface area contributed by atoms with Gasteiger partial charge in [0.2, 0.25) is 0 Å². The summed E-state index contributed by atoms with van der Waals surface area (Å²) in [7, 11) is 1.58. The summed E-state index contributed by atoms with van der Waals surface area (Å²) in [6, 6.07) is 14.0.